The largest absolute Gasteiger partial charge is 0.350 e. The van der Waals surface area contributed by atoms with Gasteiger partial charge in [-0.3, -0.25) is 9.59 Å². The van der Waals surface area contributed by atoms with Crippen LogP contribution in [-0.2, 0) is 11.2 Å². The molecule has 4 aromatic carbocycles. The van der Waals surface area contributed by atoms with Crippen LogP contribution in [0.3, 0.4) is 0 Å². The number of carbonyl (C=O) groups is 2. The Morgan fingerprint density at radius 2 is 1.51 bits per heavy atom. The van der Waals surface area contributed by atoms with Crippen molar-refractivity contribution in [2.45, 2.75) is 13.3 Å². The van der Waals surface area contributed by atoms with Crippen LogP contribution >= 0.6 is 22.6 Å². The van der Waals surface area contributed by atoms with Crippen molar-refractivity contribution in [3.05, 3.63) is 147 Å². The van der Waals surface area contributed by atoms with Crippen LogP contribution in [0.5, 0.6) is 0 Å². The number of aromatic nitrogens is 2. The molecule has 0 unspecified atom stereocenters. The lowest BCUT2D eigenvalue weighted by molar-refractivity contribution is -0.117. The van der Waals surface area contributed by atoms with Crippen LogP contribution in [0.2, 0.25) is 0 Å². The number of carbonyl (C=O) groups excluding carboxylic acids is 2. The van der Waals surface area contributed by atoms with Crippen molar-refractivity contribution in [2.24, 2.45) is 0 Å². The maximum Gasteiger partial charge on any atom is 0.267 e. The standard InChI is InChI=1S/C34H29IN4O2/c1-24-12-14-27(15-13-24)33(40)37-31(34(41)36-21-20-25-8-4-2-5-9-25)22-28-23-39(30-10-6-3-7-11-30)38-32(28)26-16-18-29(35)19-17-26/h2-19,22-23H,20-21H2,1H3,(H,36,41)(H,37,40). The van der Waals surface area contributed by atoms with E-state index in [0.29, 0.717) is 29.8 Å². The molecule has 2 N–H and O–H groups in total. The number of rotatable bonds is 9. The summed E-state index contributed by atoms with van der Waals surface area (Å²) in [5.74, 6) is -0.733. The number of halogens is 1. The first kappa shape index (κ1) is 28.0. The fourth-order valence-electron chi connectivity index (χ4n) is 4.31. The minimum atomic E-state index is -0.373. The number of benzene rings is 4. The van der Waals surface area contributed by atoms with Crippen LogP contribution in [0.4, 0.5) is 0 Å². The number of nitrogens with zero attached hydrogens (tertiary/aromatic N) is 2. The molecule has 0 spiro atoms. The van der Waals surface area contributed by atoms with Crippen LogP contribution in [0, 0.1) is 10.5 Å². The first-order valence-electron chi connectivity index (χ1n) is 13.3. The van der Waals surface area contributed by atoms with Crippen LogP contribution in [0.1, 0.15) is 27.0 Å². The van der Waals surface area contributed by atoms with Gasteiger partial charge in [0.1, 0.15) is 11.4 Å². The summed E-state index contributed by atoms with van der Waals surface area (Å²) in [6.07, 6.45) is 4.24. The van der Waals surface area contributed by atoms with Gasteiger partial charge in [0.25, 0.3) is 11.8 Å². The number of aryl methyl sites for hydroxylation is 1. The van der Waals surface area contributed by atoms with Crippen molar-refractivity contribution in [2.75, 3.05) is 6.54 Å². The highest BCUT2D eigenvalue weighted by atomic mass is 127. The van der Waals surface area contributed by atoms with E-state index in [9.17, 15) is 9.59 Å². The zero-order valence-corrected chi connectivity index (χ0v) is 24.7. The maximum absolute atomic E-state index is 13.5. The van der Waals surface area contributed by atoms with E-state index in [-0.39, 0.29) is 17.5 Å². The molecule has 204 valence electrons. The lowest BCUT2D eigenvalue weighted by atomic mass is 10.1. The fourth-order valence-corrected chi connectivity index (χ4v) is 4.67. The molecule has 5 rings (SSSR count). The summed E-state index contributed by atoms with van der Waals surface area (Å²) in [5.41, 5.74) is 5.96. The Bertz CT molecular complexity index is 1660. The molecule has 1 aromatic heterocycles. The Morgan fingerprint density at radius 1 is 0.854 bits per heavy atom. The van der Waals surface area contributed by atoms with Gasteiger partial charge in [-0.25, -0.2) is 4.68 Å². The molecule has 0 aliphatic heterocycles. The van der Waals surface area contributed by atoms with Crippen molar-refractivity contribution in [3.8, 4) is 16.9 Å². The van der Waals surface area contributed by atoms with Crippen LogP contribution in [0.25, 0.3) is 23.0 Å². The topological polar surface area (TPSA) is 76.0 Å². The summed E-state index contributed by atoms with van der Waals surface area (Å²) in [7, 11) is 0. The maximum atomic E-state index is 13.5. The van der Waals surface area contributed by atoms with E-state index in [1.807, 2.05) is 110 Å². The molecule has 0 saturated heterocycles. The molecule has 0 saturated carbocycles. The van der Waals surface area contributed by atoms with Gasteiger partial charge in [-0.15, -0.1) is 0 Å². The lowest BCUT2D eigenvalue weighted by Crippen LogP contribution is -2.35. The first-order chi connectivity index (χ1) is 20.0. The third-order valence-electron chi connectivity index (χ3n) is 6.53. The van der Waals surface area contributed by atoms with E-state index >= 15 is 0 Å². The van der Waals surface area contributed by atoms with Crippen molar-refractivity contribution in [1.82, 2.24) is 20.4 Å². The monoisotopic (exact) mass is 652 g/mol. The third kappa shape index (κ3) is 7.37. The Kier molecular flexibility index (Phi) is 9.05. The molecule has 0 atom stereocenters. The molecule has 7 heteroatoms. The predicted molar refractivity (Wildman–Crippen MR) is 171 cm³/mol. The van der Waals surface area contributed by atoms with Crippen molar-refractivity contribution >= 4 is 40.5 Å². The highest BCUT2D eigenvalue weighted by Gasteiger charge is 2.18. The zero-order chi connectivity index (χ0) is 28.6. The summed E-state index contributed by atoms with van der Waals surface area (Å²) in [5, 5.41) is 10.7. The van der Waals surface area contributed by atoms with E-state index in [1.165, 1.54) is 0 Å². The summed E-state index contributed by atoms with van der Waals surface area (Å²) in [4.78, 5) is 26.7. The highest BCUT2D eigenvalue weighted by Crippen LogP contribution is 2.26. The second-order valence-electron chi connectivity index (χ2n) is 9.59. The second kappa shape index (κ2) is 13.2. The smallest absolute Gasteiger partial charge is 0.267 e. The second-order valence-corrected chi connectivity index (χ2v) is 10.8. The summed E-state index contributed by atoms with van der Waals surface area (Å²) < 4.78 is 2.89. The van der Waals surface area contributed by atoms with Gasteiger partial charge in [-0.1, -0.05) is 78.4 Å². The average Bonchev–Trinajstić information content (AvgIpc) is 3.42. The zero-order valence-electron chi connectivity index (χ0n) is 22.6. The predicted octanol–water partition coefficient (Wildman–Crippen LogP) is 6.58. The molecule has 1 heterocycles. The van der Waals surface area contributed by atoms with Crippen LogP contribution in [-0.4, -0.2) is 28.1 Å². The molecule has 0 aliphatic rings. The Balaban J connectivity index is 1.51. The quantitative estimate of drug-likeness (QED) is 0.140. The Labute approximate surface area is 253 Å². The number of hydrogen-bond donors (Lipinski definition) is 2. The highest BCUT2D eigenvalue weighted by molar-refractivity contribution is 14.1. The number of nitrogens with one attached hydrogen (secondary N) is 2. The van der Waals surface area contributed by atoms with E-state index < -0.39 is 0 Å². The first-order valence-corrected chi connectivity index (χ1v) is 14.4. The van der Waals surface area contributed by atoms with E-state index in [0.717, 1.165) is 25.9 Å². The molecule has 5 aromatic rings. The average molecular weight is 653 g/mol. The normalized spacial score (nSPS) is 11.2. The van der Waals surface area contributed by atoms with E-state index in [1.54, 1.807) is 22.9 Å². The molecular formula is C34H29IN4O2. The summed E-state index contributed by atoms with van der Waals surface area (Å²) in [6.45, 7) is 2.39. The van der Waals surface area contributed by atoms with Gasteiger partial charge in [-0.05, 0) is 84.0 Å². The Hall–Kier alpha value is -4.50. The molecule has 0 radical (unpaired) electrons. The molecular weight excluding hydrogens is 623 g/mol. The van der Waals surface area contributed by atoms with Gasteiger partial charge in [-0.2, -0.15) is 5.10 Å². The number of para-hydroxylation sites is 1. The van der Waals surface area contributed by atoms with Gasteiger partial charge in [0, 0.05) is 33.0 Å². The van der Waals surface area contributed by atoms with Gasteiger partial charge in [0.05, 0.1) is 5.69 Å². The van der Waals surface area contributed by atoms with Crippen molar-refractivity contribution in [1.29, 1.82) is 0 Å². The summed E-state index contributed by atoms with van der Waals surface area (Å²) in [6, 6.07) is 35.0. The molecule has 0 fully saturated rings. The fraction of sp³-hybridized carbons (Fsp3) is 0.0882. The summed E-state index contributed by atoms with van der Waals surface area (Å²) >= 11 is 2.27. The minimum Gasteiger partial charge on any atom is -0.350 e. The molecule has 0 bridgehead atoms. The van der Waals surface area contributed by atoms with Crippen LogP contribution < -0.4 is 10.6 Å². The van der Waals surface area contributed by atoms with E-state index in [4.69, 9.17) is 5.10 Å². The third-order valence-corrected chi connectivity index (χ3v) is 7.25. The lowest BCUT2D eigenvalue weighted by Gasteiger charge is -2.12. The number of hydrogen-bond acceptors (Lipinski definition) is 3. The van der Waals surface area contributed by atoms with Crippen molar-refractivity contribution in [3.63, 3.8) is 0 Å². The van der Waals surface area contributed by atoms with Crippen molar-refractivity contribution < 1.29 is 9.59 Å². The van der Waals surface area contributed by atoms with Gasteiger partial charge in [0.2, 0.25) is 0 Å². The SMILES string of the molecule is Cc1ccc(C(=O)NC(=Cc2cn(-c3ccccc3)nc2-c2ccc(I)cc2)C(=O)NCCc2ccccc2)cc1. The number of amides is 2. The molecule has 41 heavy (non-hydrogen) atoms. The minimum absolute atomic E-state index is 0.142. The van der Waals surface area contributed by atoms with Gasteiger partial charge < -0.3 is 10.6 Å². The van der Waals surface area contributed by atoms with Gasteiger partial charge in [0.15, 0.2) is 0 Å². The molecule has 6 nitrogen and oxygen atoms in total. The Morgan fingerprint density at radius 3 is 2.20 bits per heavy atom. The molecule has 0 aliphatic carbocycles. The van der Waals surface area contributed by atoms with Gasteiger partial charge >= 0.3 is 0 Å². The molecule has 2 amide bonds. The van der Waals surface area contributed by atoms with E-state index in [2.05, 4.69) is 33.2 Å². The van der Waals surface area contributed by atoms with Crippen LogP contribution in [0.15, 0.2) is 121 Å².